The van der Waals surface area contributed by atoms with Crippen molar-refractivity contribution in [1.82, 2.24) is 14.5 Å². The number of thiophene rings is 1. The maximum Gasteiger partial charge on any atom is 0.146 e. The second-order valence-corrected chi connectivity index (χ2v) is 7.03. The lowest BCUT2D eigenvalue weighted by atomic mass is 9.80. The molecule has 3 heterocycles. The minimum Gasteiger partial charge on any atom is -0.383 e. The van der Waals surface area contributed by atoms with Crippen LogP contribution in [0.25, 0.3) is 21.5 Å². The molecule has 0 atom stereocenters. The largest absolute Gasteiger partial charge is 0.383 e. The van der Waals surface area contributed by atoms with Gasteiger partial charge in [0.15, 0.2) is 0 Å². The van der Waals surface area contributed by atoms with Gasteiger partial charge in [0.05, 0.1) is 5.39 Å². The first-order valence-electron chi connectivity index (χ1n) is 7.54. The van der Waals surface area contributed by atoms with Crippen molar-refractivity contribution < 1.29 is 0 Å². The summed E-state index contributed by atoms with van der Waals surface area (Å²) in [6, 6.07) is 2.67. The Hall–Kier alpha value is -1.92. The molecule has 0 saturated heterocycles. The van der Waals surface area contributed by atoms with E-state index in [0.29, 0.717) is 17.8 Å². The number of anilines is 1. The smallest absolute Gasteiger partial charge is 0.146 e. The zero-order valence-electron chi connectivity index (χ0n) is 12.5. The van der Waals surface area contributed by atoms with E-state index in [1.54, 1.807) is 17.7 Å². The van der Waals surface area contributed by atoms with Gasteiger partial charge in [-0.2, -0.15) is 0 Å². The Balaban J connectivity index is 1.87. The Labute approximate surface area is 133 Å². The van der Waals surface area contributed by atoms with Crippen molar-refractivity contribution in [1.29, 1.82) is 0 Å². The minimum atomic E-state index is 0.472. The van der Waals surface area contributed by atoms with Crippen LogP contribution in [0, 0.1) is 12.8 Å². The summed E-state index contributed by atoms with van der Waals surface area (Å²) in [5, 5.41) is 3.13. The van der Waals surface area contributed by atoms with Gasteiger partial charge < -0.3 is 16.0 Å². The third kappa shape index (κ3) is 2.02. The third-order valence-electron chi connectivity index (χ3n) is 4.57. The zero-order chi connectivity index (χ0) is 15.3. The van der Waals surface area contributed by atoms with E-state index in [2.05, 4.69) is 39.1 Å². The van der Waals surface area contributed by atoms with Crippen LogP contribution in [0.4, 0.5) is 5.82 Å². The molecule has 3 aromatic rings. The highest BCUT2D eigenvalue weighted by molar-refractivity contribution is 7.13. The summed E-state index contributed by atoms with van der Waals surface area (Å²) in [6.07, 6.45) is 5.98. The summed E-state index contributed by atoms with van der Waals surface area (Å²) in [7, 11) is 0. The minimum absolute atomic E-state index is 0.472. The normalized spacial score (nSPS) is 21.2. The van der Waals surface area contributed by atoms with Gasteiger partial charge in [-0.05, 0) is 49.2 Å². The van der Waals surface area contributed by atoms with Gasteiger partial charge in [0.1, 0.15) is 17.8 Å². The Morgan fingerprint density at radius 2 is 2.18 bits per heavy atom. The molecule has 1 saturated carbocycles. The molecule has 0 unspecified atom stereocenters. The molecule has 1 fully saturated rings. The third-order valence-corrected chi connectivity index (χ3v) is 5.65. The van der Waals surface area contributed by atoms with Crippen LogP contribution in [0.15, 0.2) is 24.0 Å². The average Bonchev–Trinajstić information content (AvgIpc) is 3.03. The van der Waals surface area contributed by atoms with Crippen molar-refractivity contribution in [2.45, 2.75) is 25.8 Å². The topological polar surface area (TPSA) is 82.8 Å². The highest BCUT2D eigenvalue weighted by Crippen LogP contribution is 2.43. The van der Waals surface area contributed by atoms with Crippen LogP contribution in [0.1, 0.15) is 24.4 Å². The van der Waals surface area contributed by atoms with Crippen molar-refractivity contribution in [2.75, 3.05) is 12.3 Å². The fourth-order valence-electron chi connectivity index (χ4n) is 3.27. The Morgan fingerprint density at radius 3 is 2.86 bits per heavy atom. The van der Waals surface area contributed by atoms with Crippen molar-refractivity contribution in [3.05, 3.63) is 29.5 Å². The molecule has 0 spiro atoms. The maximum absolute atomic E-state index is 6.15. The zero-order valence-corrected chi connectivity index (χ0v) is 13.3. The number of fused-ring (bicyclic) bond motifs is 1. The number of hydrogen-bond acceptors (Lipinski definition) is 5. The molecule has 0 bridgehead atoms. The number of nitrogens with zero attached hydrogens (tertiary/aromatic N) is 3. The molecule has 0 amide bonds. The van der Waals surface area contributed by atoms with Gasteiger partial charge in [-0.1, -0.05) is 0 Å². The molecule has 3 aromatic heterocycles. The molecule has 0 aromatic carbocycles. The van der Waals surface area contributed by atoms with Crippen LogP contribution in [0.3, 0.4) is 0 Å². The number of aryl methyl sites for hydroxylation is 1. The number of nitrogen functional groups attached to an aromatic ring is 1. The SMILES string of the molecule is Cc1csc(-c2cn(C3CC(CN)C3)c3ncnc(N)c23)c1. The van der Waals surface area contributed by atoms with Gasteiger partial charge in [0.25, 0.3) is 0 Å². The van der Waals surface area contributed by atoms with E-state index >= 15 is 0 Å². The first-order valence-corrected chi connectivity index (χ1v) is 8.42. The molecule has 0 aliphatic heterocycles. The molecule has 0 radical (unpaired) electrons. The molecular weight excluding hydrogens is 294 g/mol. The lowest BCUT2D eigenvalue weighted by Crippen LogP contribution is -2.31. The summed E-state index contributed by atoms with van der Waals surface area (Å²) in [5.74, 6) is 1.19. The fourth-order valence-corrected chi connectivity index (χ4v) is 4.18. The van der Waals surface area contributed by atoms with Crippen LogP contribution in [-0.4, -0.2) is 21.1 Å². The molecule has 1 aliphatic carbocycles. The lowest BCUT2D eigenvalue weighted by molar-refractivity contribution is 0.209. The van der Waals surface area contributed by atoms with Crippen molar-refractivity contribution >= 4 is 28.2 Å². The maximum atomic E-state index is 6.15. The van der Waals surface area contributed by atoms with Gasteiger partial charge in [0.2, 0.25) is 0 Å². The van der Waals surface area contributed by atoms with Crippen molar-refractivity contribution in [2.24, 2.45) is 11.7 Å². The van der Waals surface area contributed by atoms with E-state index in [-0.39, 0.29) is 0 Å². The fraction of sp³-hybridized carbons (Fsp3) is 0.375. The molecule has 4 rings (SSSR count). The van der Waals surface area contributed by atoms with E-state index in [0.717, 1.165) is 36.0 Å². The van der Waals surface area contributed by atoms with E-state index < -0.39 is 0 Å². The molecule has 6 heteroatoms. The van der Waals surface area contributed by atoms with Gasteiger partial charge in [-0.25, -0.2) is 9.97 Å². The number of aromatic nitrogens is 3. The second-order valence-electron chi connectivity index (χ2n) is 6.12. The highest BCUT2D eigenvalue weighted by Gasteiger charge is 2.31. The molecule has 5 nitrogen and oxygen atoms in total. The second kappa shape index (κ2) is 5.07. The Morgan fingerprint density at radius 1 is 1.36 bits per heavy atom. The molecule has 4 N–H and O–H groups in total. The predicted molar refractivity (Wildman–Crippen MR) is 90.8 cm³/mol. The molecule has 22 heavy (non-hydrogen) atoms. The van der Waals surface area contributed by atoms with Crippen LogP contribution >= 0.6 is 11.3 Å². The van der Waals surface area contributed by atoms with E-state index in [4.69, 9.17) is 11.5 Å². The summed E-state index contributed by atoms with van der Waals surface area (Å²) in [5.41, 5.74) is 15.3. The van der Waals surface area contributed by atoms with Crippen LogP contribution in [-0.2, 0) is 0 Å². The number of rotatable bonds is 3. The van der Waals surface area contributed by atoms with Crippen molar-refractivity contribution in [3.63, 3.8) is 0 Å². The van der Waals surface area contributed by atoms with Gasteiger partial charge in [-0.15, -0.1) is 11.3 Å². The van der Waals surface area contributed by atoms with E-state index in [9.17, 15) is 0 Å². The lowest BCUT2D eigenvalue weighted by Gasteiger charge is -2.35. The standard InChI is InChI=1S/C16H19N5S/c1-9-2-13(22-7-9)12-6-21(11-3-10(4-11)5-17)16-14(12)15(18)19-8-20-16/h2,6-8,10-11H,3-5,17H2,1H3,(H2,18,19,20). The summed E-state index contributed by atoms with van der Waals surface area (Å²) < 4.78 is 2.27. The number of hydrogen-bond donors (Lipinski definition) is 2. The predicted octanol–water partition coefficient (Wildman–Crippen LogP) is 2.96. The Kier molecular flexibility index (Phi) is 3.16. The quantitative estimate of drug-likeness (QED) is 0.778. The van der Waals surface area contributed by atoms with Gasteiger partial charge in [0, 0.05) is 22.7 Å². The number of nitrogens with two attached hydrogens (primary N) is 2. The first kappa shape index (κ1) is 13.7. The van der Waals surface area contributed by atoms with Crippen molar-refractivity contribution in [3.8, 4) is 10.4 Å². The first-order chi connectivity index (χ1) is 10.7. The van der Waals surface area contributed by atoms with Crippen LogP contribution in [0.5, 0.6) is 0 Å². The molecular formula is C16H19N5S. The van der Waals surface area contributed by atoms with Crippen LogP contribution in [0.2, 0.25) is 0 Å². The summed E-state index contributed by atoms with van der Waals surface area (Å²) >= 11 is 1.74. The van der Waals surface area contributed by atoms with Crippen LogP contribution < -0.4 is 11.5 Å². The molecule has 114 valence electrons. The highest BCUT2D eigenvalue weighted by atomic mass is 32.1. The van der Waals surface area contributed by atoms with E-state index in [1.165, 1.54) is 10.4 Å². The Bertz CT molecular complexity index is 828. The monoisotopic (exact) mass is 313 g/mol. The van der Waals surface area contributed by atoms with E-state index in [1.807, 2.05) is 0 Å². The average molecular weight is 313 g/mol. The van der Waals surface area contributed by atoms with Gasteiger partial charge in [-0.3, -0.25) is 0 Å². The molecule has 1 aliphatic rings. The summed E-state index contributed by atoms with van der Waals surface area (Å²) in [6.45, 7) is 2.88. The van der Waals surface area contributed by atoms with Gasteiger partial charge >= 0.3 is 0 Å². The summed E-state index contributed by atoms with van der Waals surface area (Å²) in [4.78, 5) is 9.90.